The summed E-state index contributed by atoms with van der Waals surface area (Å²) in [5, 5.41) is 12.6. The average molecular weight is 279 g/mol. The van der Waals surface area contributed by atoms with Crippen molar-refractivity contribution in [2.45, 2.75) is 59.2 Å². The first-order chi connectivity index (χ1) is 8.96. The second-order valence-corrected chi connectivity index (χ2v) is 6.77. The Morgan fingerprint density at radius 3 is 2.35 bits per heavy atom. The summed E-state index contributed by atoms with van der Waals surface area (Å²) >= 11 is 0. The molecule has 0 aromatic heterocycles. The summed E-state index contributed by atoms with van der Waals surface area (Å²) in [5.74, 6) is 0. The maximum Gasteiger partial charge on any atom is 0.412 e. The molecule has 20 heavy (non-hydrogen) atoms. The van der Waals surface area contributed by atoms with Gasteiger partial charge in [0, 0.05) is 12.1 Å². The number of carbonyl (C=O) groups excluding carboxylic acids is 1. The fourth-order valence-corrected chi connectivity index (χ4v) is 1.83. The molecule has 1 aromatic carbocycles. The van der Waals surface area contributed by atoms with Crippen LogP contribution in [0.2, 0.25) is 0 Å². The van der Waals surface area contributed by atoms with E-state index >= 15 is 0 Å². The zero-order chi connectivity index (χ0) is 15.6. The van der Waals surface area contributed by atoms with Crippen molar-refractivity contribution in [3.8, 4) is 0 Å². The summed E-state index contributed by atoms with van der Waals surface area (Å²) in [5.41, 5.74) is 1.33. The lowest BCUT2D eigenvalue weighted by atomic mass is 9.97. The zero-order valence-electron chi connectivity index (χ0n) is 13.2. The minimum atomic E-state index is -0.779. The Morgan fingerprint density at radius 1 is 1.25 bits per heavy atom. The predicted molar refractivity (Wildman–Crippen MR) is 81.0 cm³/mol. The van der Waals surface area contributed by atoms with E-state index in [0.717, 1.165) is 11.1 Å². The lowest BCUT2D eigenvalue weighted by molar-refractivity contribution is 0.0635. The maximum atomic E-state index is 11.8. The van der Waals surface area contributed by atoms with Crippen molar-refractivity contribution in [1.29, 1.82) is 0 Å². The molecule has 0 saturated heterocycles. The van der Waals surface area contributed by atoms with E-state index in [1.165, 1.54) is 0 Å². The van der Waals surface area contributed by atoms with Gasteiger partial charge in [-0.1, -0.05) is 12.1 Å². The number of rotatable bonds is 3. The van der Waals surface area contributed by atoms with Crippen LogP contribution >= 0.6 is 0 Å². The molecule has 2 N–H and O–H groups in total. The molecule has 1 rings (SSSR count). The van der Waals surface area contributed by atoms with Gasteiger partial charge in [0.25, 0.3) is 0 Å². The average Bonchev–Trinajstić information content (AvgIpc) is 2.18. The topological polar surface area (TPSA) is 58.6 Å². The number of ether oxygens (including phenoxy) is 1. The fraction of sp³-hybridized carbons (Fsp3) is 0.562. The van der Waals surface area contributed by atoms with Crippen LogP contribution in [0, 0.1) is 6.92 Å². The van der Waals surface area contributed by atoms with Gasteiger partial charge in [0.1, 0.15) is 5.60 Å². The molecule has 0 radical (unpaired) electrons. The minimum Gasteiger partial charge on any atom is -0.444 e. The SMILES string of the molecule is Cc1ccc(CC(C)(C)O)cc1NC(=O)OC(C)(C)C. The van der Waals surface area contributed by atoms with E-state index in [2.05, 4.69) is 5.32 Å². The first-order valence-electron chi connectivity index (χ1n) is 6.78. The molecule has 0 atom stereocenters. The van der Waals surface area contributed by atoms with Crippen molar-refractivity contribution in [1.82, 2.24) is 0 Å². The molecule has 0 saturated carbocycles. The van der Waals surface area contributed by atoms with Gasteiger partial charge in [-0.05, 0) is 58.7 Å². The minimum absolute atomic E-state index is 0.471. The number of benzene rings is 1. The van der Waals surface area contributed by atoms with Gasteiger partial charge in [0.15, 0.2) is 0 Å². The quantitative estimate of drug-likeness (QED) is 0.887. The van der Waals surface area contributed by atoms with Crippen molar-refractivity contribution in [3.05, 3.63) is 29.3 Å². The van der Waals surface area contributed by atoms with Crippen LogP contribution in [0.4, 0.5) is 10.5 Å². The van der Waals surface area contributed by atoms with E-state index in [1.54, 1.807) is 13.8 Å². The second kappa shape index (κ2) is 5.83. The Morgan fingerprint density at radius 2 is 1.85 bits per heavy atom. The molecule has 0 aliphatic rings. The van der Waals surface area contributed by atoms with Gasteiger partial charge in [0.05, 0.1) is 5.60 Å². The van der Waals surface area contributed by atoms with Crippen molar-refractivity contribution >= 4 is 11.8 Å². The summed E-state index contributed by atoms with van der Waals surface area (Å²) < 4.78 is 5.24. The van der Waals surface area contributed by atoms with Crippen LogP contribution in [0.3, 0.4) is 0 Å². The van der Waals surface area contributed by atoms with Crippen molar-refractivity contribution in [2.75, 3.05) is 5.32 Å². The van der Waals surface area contributed by atoms with E-state index < -0.39 is 17.3 Å². The summed E-state index contributed by atoms with van der Waals surface area (Å²) in [6.07, 6.45) is 0.0528. The van der Waals surface area contributed by atoms with Gasteiger partial charge in [-0.3, -0.25) is 5.32 Å². The van der Waals surface area contributed by atoms with Gasteiger partial charge < -0.3 is 9.84 Å². The maximum absolute atomic E-state index is 11.8. The van der Waals surface area contributed by atoms with E-state index in [-0.39, 0.29) is 0 Å². The number of amides is 1. The van der Waals surface area contributed by atoms with Gasteiger partial charge in [0.2, 0.25) is 0 Å². The summed E-state index contributed by atoms with van der Waals surface area (Å²) in [4.78, 5) is 11.8. The third kappa shape index (κ3) is 6.06. The smallest absolute Gasteiger partial charge is 0.412 e. The molecule has 1 amide bonds. The van der Waals surface area contributed by atoms with Crippen LogP contribution in [-0.4, -0.2) is 22.4 Å². The number of aryl methyl sites for hydroxylation is 1. The second-order valence-electron chi connectivity index (χ2n) is 6.77. The Kier molecular flexibility index (Phi) is 4.81. The van der Waals surface area contributed by atoms with E-state index in [4.69, 9.17) is 4.74 Å². The molecule has 0 fully saturated rings. The van der Waals surface area contributed by atoms with Crippen LogP contribution in [0.15, 0.2) is 18.2 Å². The van der Waals surface area contributed by atoms with Crippen molar-refractivity contribution in [3.63, 3.8) is 0 Å². The van der Waals surface area contributed by atoms with E-state index in [1.807, 2.05) is 45.9 Å². The van der Waals surface area contributed by atoms with Gasteiger partial charge in [-0.25, -0.2) is 4.79 Å². The Labute approximate surface area is 121 Å². The molecular formula is C16H25NO3. The highest BCUT2D eigenvalue weighted by molar-refractivity contribution is 5.86. The summed E-state index contributed by atoms with van der Waals surface area (Å²) in [6.45, 7) is 10.9. The third-order valence-electron chi connectivity index (χ3n) is 2.57. The Bertz CT molecular complexity index is 481. The standard InChI is InChI=1S/C16H25NO3/c1-11-7-8-12(10-16(5,6)19)9-13(11)17-14(18)20-15(2,3)4/h7-9,19H,10H2,1-6H3,(H,17,18). The monoisotopic (exact) mass is 279 g/mol. The molecule has 112 valence electrons. The van der Waals surface area contributed by atoms with Crippen LogP contribution in [-0.2, 0) is 11.2 Å². The lowest BCUT2D eigenvalue weighted by Crippen LogP contribution is -2.27. The molecule has 0 aliphatic carbocycles. The third-order valence-corrected chi connectivity index (χ3v) is 2.57. The molecule has 0 aliphatic heterocycles. The molecule has 0 unspecified atom stereocenters. The van der Waals surface area contributed by atoms with Crippen LogP contribution in [0.5, 0.6) is 0 Å². The normalized spacial score (nSPS) is 12.2. The number of aliphatic hydroxyl groups is 1. The van der Waals surface area contributed by atoms with Crippen LogP contribution < -0.4 is 5.32 Å². The molecule has 0 heterocycles. The first kappa shape index (κ1) is 16.5. The Hall–Kier alpha value is -1.55. The lowest BCUT2D eigenvalue weighted by Gasteiger charge is -2.21. The van der Waals surface area contributed by atoms with Crippen molar-refractivity contribution in [2.24, 2.45) is 0 Å². The highest BCUT2D eigenvalue weighted by Crippen LogP contribution is 2.21. The number of hydrogen-bond acceptors (Lipinski definition) is 3. The van der Waals surface area contributed by atoms with E-state index in [0.29, 0.717) is 12.1 Å². The highest BCUT2D eigenvalue weighted by atomic mass is 16.6. The largest absolute Gasteiger partial charge is 0.444 e. The molecule has 0 spiro atoms. The molecule has 4 heteroatoms. The summed E-state index contributed by atoms with van der Waals surface area (Å²) in [6, 6.07) is 5.75. The highest BCUT2D eigenvalue weighted by Gasteiger charge is 2.18. The van der Waals surface area contributed by atoms with Crippen LogP contribution in [0.25, 0.3) is 0 Å². The molecular weight excluding hydrogens is 254 g/mol. The van der Waals surface area contributed by atoms with Crippen LogP contribution in [0.1, 0.15) is 45.7 Å². The molecule has 0 bridgehead atoms. The number of anilines is 1. The van der Waals surface area contributed by atoms with Gasteiger partial charge in [-0.2, -0.15) is 0 Å². The number of nitrogens with one attached hydrogen (secondary N) is 1. The van der Waals surface area contributed by atoms with Crippen molar-refractivity contribution < 1.29 is 14.6 Å². The zero-order valence-corrected chi connectivity index (χ0v) is 13.2. The first-order valence-corrected chi connectivity index (χ1v) is 6.78. The van der Waals surface area contributed by atoms with Gasteiger partial charge in [-0.15, -0.1) is 0 Å². The molecule has 1 aromatic rings. The summed E-state index contributed by atoms with van der Waals surface area (Å²) in [7, 11) is 0. The fourth-order valence-electron chi connectivity index (χ4n) is 1.83. The molecule has 4 nitrogen and oxygen atoms in total. The van der Waals surface area contributed by atoms with E-state index in [9.17, 15) is 9.90 Å². The number of hydrogen-bond donors (Lipinski definition) is 2. The predicted octanol–water partition coefficient (Wildman–Crippen LogP) is 3.66. The Balaban J connectivity index is 2.84. The van der Waals surface area contributed by atoms with Gasteiger partial charge >= 0.3 is 6.09 Å². The number of carbonyl (C=O) groups is 1.